The molecule has 0 unspecified atom stereocenters. The first-order valence-electron chi connectivity index (χ1n) is 19.7. The lowest BCUT2D eigenvalue weighted by Gasteiger charge is -2.40. The van der Waals surface area contributed by atoms with Crippen molar-refractivity contribution in [3.8, 4) is 0 Å². The number of carbonyl (C=O) groups is 5. The Labute approximate surface area is 303 Å². The first-order valence-corrected chi connectivity index (χ1v) is 19.7. The Morgan fingerprint density at radius 2 is 0.667 bits per heavy atom. The Morgan fingerprint density at radius 1 is 0.412 bits per heavy atom. The van der Waals surface area contributed by atoms with Crippen molar-refractivity contribution in [2.24, 2.45) is 17.8 Å². The minimum absolute atomic E-state index is 0.0823. The number of carboxylic acid groups (broad SMARTS) is 5. The number of rotatable bonds is 25. The largest absolute Gasteiger partial charge is 0.549 e. The van der Waals surface area contributed by atoms with Crippen molar-refractivity contribution in [2.45, 2.75) is 153 Å². The van der Waals surface area contributed by atoms with Gasteiger partial charge < -0.3 is 49.5 Å². The molecule has 0 bridgehead atoms. The van der Waals surface area contributed by atoms with Crippen molar-refractivity contribution >= 4 is 29.8 Å². The van der Waals surface area contributed by atoms with E-state index in [0.29, 0.717) is 37.0 Å². The summed E-state index contributed by atoms with van der Waals surface area (Å²) in [5.41, 5.74) is 0. The first-order chi connectivity index (χ1) is 24.4. The summed E-state index contributed by atoms with van der Waals surface area (Å²) >= 11 is 0. The number of nitrogens with zero attached hydrogens (tertiary/aromatic N) is 3. The molecule has 0 aliphatic heterocycles. The van der Waals surface area contributed by atoms with Gasteiger partial charge in [-0.3, -0.25) is 14.7 Å². The highest BCUT2D eigenvalue weighted by Gasteiger charge is 2.29. The highest BCUT2D eigenvalue weighted by atomic mass is 16.4. The van der Waals surface area contributed by atoms with Crippen LogP contribution in [0.5, 0.6) is 0 Å². The molecule has 0 aromatic heterocycles. The van der Waals surface area contributed by atoms with Crippen LogP contribution in [0, 0.1) is 17.8 Å². The van der Waals surface area contributed by atoms with Gasteiger partial charge >= 0.3 is 0 Å². The average Bonchev–Trinajstić information content (AvgIpc) is 3.09. The Kier molecular flexibility index (Phi) is 19.2. The molecule has 0 amide bonds. The summed E-state index contributed by atoms with van der Waals surface area (Å²) in [6.07, 6.45) is 18.1. The Balaban J connectivity index is 1.81. The van der Waals surface area contributed by atoms with Crippen LogP contribution in [0.2, 0.25) is 0 Å². The standard InChI is InChI=1S/C38H65N3O10/c42-34(43)26-40(32(37(48)49)20-17-29-12-6-2-7-13-29)24-22-39(31(36(46)47)19-16-28-10-4-1-5-11-28)23-25-41(27-35(44)45)33(38(50)51)21-18-30-14-8-3-9-15-30/h28-33H,1-27H2,(H,42,43)(H,44,45)(H,46,47)(H,48,49)(H,50,51)/p-5/t31-,32-,33-/m0/s1. The molecular weight excluding hydrogens is 658 g/mol. The van der Waals surface area contributed by atoms with Gasteiger partial charge in [0.1, 0.15) is 0 Å². The van der Waals surface area contributed by atoms with E-state index in [4.69, 9.17) is 0 Å². The lowest BCUT2D eigenvalue weighted by atomic mass is 9.85. The molecule has 51 heavy (non-hydrogen) atoms. The quantitative estimate of drug-likeness (QED) is 0.109. The van der Waals surface area contributed by atoms with E-state index in [9.17, 15) is 49.5 Å². The molecule has 3 saturated carbocycles. The molecule has 0 saturated heterocycles. The number of hydrogen-bond acceptors (Lipinski definition) is 13. The molecule has 3 aliphatic rings. The van der Waals surface area contributed by atoms with Crippen LogP contribution in [0.1, 0.15) is 135 Å². The van der Waals surface area contributed by atoms with Crippen LogP contribution in [0.25, 0.3) is 0 Å². The van der Waals surface area contributed by atoms with E-state index < -0.39 is 61.1 Å². The summed E-state index contributed by atoms with van der Waals surface area (Å²) < 4.78 is 0. The van der Waals surface area contributed by atoms with E-state index in [0.717, 1.165) is 96.3 Å². The lowest BCUT2D eigenvalue weighted by Crippen LogP contribution is -2.58. The second kappa shape index (κ2) is 23.0. The monoisotopic (exact) mass is 718 g/mol. The van der Waals surface area contributed by atoms with Crippen molar-refractivity contribution in [3.05, 3.63) is 0 Å². The number of carboxylic acids is 5. The molecule has 13 heteroatoms. The van der Waals surface area contributed by atoms with Gasteiger partial charge in [-0.05, 0) is 56.3 Å². The van der Waals surface area contributed by atoms with E-state index in [2.05, 4.69) is 0 Å². The molecule has 0 spiro atoms. The summed E-state index contributed by atoms with van der Waals surface area (Å²) in [5.74, 6) is -6.11. The first kappa shape index (κ1) is 42.6. The second-order valence-corrected chi connectivity index (χ2v) is 15.5. The summed E-state index contributed by atoms with van der Waals surface area (Å²) in [6.45, 7) is -1.84. The van der Waals surface area contributed by atoms with Gasteiger partial charge in [-0.1, -0.05) is 96.3 Å². The molecule has 0 aromatic carbocycles. The summed E-state index contributed by atoms with van der Waals surface area (Å²) in [5, 5.41) is 61.1. The van der Waals surface area contributed by atoms with Crippen molar-refractivity contribution in [1.82, 2.24) is 14.7 Å². The molecule has 3 rings (SSSR count). The van der Waals surface area contributed by atoms with Gasteiger partial charge in [0.2, 0.25) is 0 Å². The lowest BCUT2D eigenvalue weighted by molar-refractivity contribution is -0.317. The van der Waals surface area contributed by atoms with Gasteiger partial charge in [-0.25, -0.2) is 0 Å². The fraction of sp³-hybridized carbons (Fsp3) is 0.868. The molecule has 3 aliphatic carbocycles. The van der Waals surface area contributed by atoms with E-state index in [-0.39, 0.29) is 45.4 Å². The Morgan fingerprint density at radius 3 is 0.922 bits per heavy atom. The van der Waals surface area contributed by atoms with Crippen LogP contribution in [0.3, 0.4) is 0 Å². The number of carbonyl (C=O) groups excluding carboxylic acids is 5. The fourth-order valence-corrected chi connectivity index (χ4v) is 8.92. The van der Waals surface area contributed by atoms with Gasteiger partial charge in [0.15, 0.2) is 0 Å². The maximum Gasteiger partial charge on any atom is 0.0586 e. The van der Waals surface area contributed by atoms with Crippen molar-refractivity contribution in [2.75, 3.05) is 39.3 Å². The van der Waals surface area contributed by atoms with Gasteiger partial charge in [0.05, 0.1) is 29.8 Å². The summed E-state index contributed by atoms with van der Waals surface area (Å²) in [4.78, 5) is 65.2. The zero-order valence-electron chi connectivity index (χ0n) is 30.5. The van der Waals surface area contributed by atoms with Crippen molar-refractivity contribution in [3.63, 3.8) is 0 Å². The van der Waals surface area contributed by atoms with E-state index in [1.54, 1.807) is 4.90 Å². The maximum atomic E-state index is 12.7. The smallest absolute Gasteiger partial charge is 0.0586 e. The third-order valence-electron chi connectivity index (χ3n) is 11.9. The Hall–Kier alpha value is -2.77. The molecule has 0 heterocycles. The van der Waals surface area contributed by atoms with Crippen LogP contribution in [0.15, 0.2) is 0 Å². The minimum atomic E-state index is -1.48. The average molecular weight is 719 g/mol. The normalized spacial score (nSPS) is 20.0. The van der Waals surface area contributed by atoms with Gasteiger partial charge in [0.25, 0.3) is 0 Å². The van der Waals surface area contributed by atoms with Crippen LogP contribution in [-0.4, -0.2) is 102 Å². The number of aliphatic carboxylic acids is 5. The molecule has 13 nitrogen and oxygen atoms in total. The SMILES string of the molecule is O=C([O-])CN(CCN(CCN(CC(=O)[O-])[C@@H](CCC1CCCCC1)C(=O)[O-])[C@@H](CCC1CCCCC1)C(=O)[O-])[C@@H](CCC1CCCCC1)C(=O)[O-]. The highest BCUT2D eigenvalue weighted by molar-refractivity contribution is 5.74. The van der Waals surface area contributed by atoms with Crippen molar-refractivity contribution < 1.29 is 49.5 Å². The fourth-order valence-electron chi connectivity index (χ4n) is 8.92. The molecular formula is C38H60N3O10-5. The number of hydrogen-bond donors (Lipinski definition) is 0. The predicted octanol–water partition coefficient (Wildman–Crippen LogP) is -1.17. The van der Waals surface area contributed by atoms with Gasteiger partial charge in [-0.15, -0.1) is 0 Å². The molecule has 0 radical (unpaired) electrons. The molecule has 0 N–H and O–H groups in total. The topological polar surface area (TPSA) is 210 Å². The van der Waals surface area contributed by atoms with Crippen LogP contribution in [0.4, 0.5) is 0 Å². The van der Waals surface area contributed by atoms with E-state index in [1.807, 2.05) is 0 Å². The van der Waals surface area contributed by atoms with Crippen LogP contribution >= 0.6 is 0 Å². The minimum Gasteiger partial charge on any atom is -0.549 e. The molecule has 3 atom stereocenters. The Bertz CT molecular complexity index is 1020. The van der Waals surface area contributed by atoms with Crippen LogP contribution in [-0.2, 0) is 24.0 Å². The zero-order chi connectivity index (χ0) is 37.2. The van der Waals surface area contributed by atoms with Crippen molar-refractivity contribution in [1.29, 1.82) is 0 Å². The van der Waals surface area contributed by atoms with Gasteiger partial charge in [-0.2, -0.15) is 0 Å². The van der Waals surface area contributed by atoms with Crippen LogP contribution < -0.4 is 25.5 Å². The predicted molar refractivity (Wildman–Crippen MR) is 179 cm³/mol. The molecule has 0 aromatic rings. The van der Waals surface area contributed by atoms with E-state index >= 15 is 0 Å². The second-order valence-electron chi connectivity index (χ2n) is 15.5. The third-order valence-corrected chi connectivity index (χ3v) is 11.9. The summed E-state index contributed by atoms with van der Waals surface area (Å²) in [7, 11) is 0. The van der Waals surface area contributed by atoms with Gasteiger partial charge in [0, 0.05) is 57.4 Å². The highest BCUT2D eigenvalue weighted by Crippen LogP contribution is 2.31. The molecule has 292 valence electrons. The summed E-state index contributed by atoms with van der Waals surface area (Å²) in [6, 6.07) is -3.60. The van der Waals surface area contributed by atoms with E-state index in [1.165, 1.54) is 9.80 Å². The molecule has 3 fully saturated rings. The maximum absolute atomic E-state index is 12.7. The third kappa shape index (κ3) is 15.8. The zero-order valence-corrected chi connectivity index (χ0v) is 30.5.